The fourth-order valence-corrected chi connectivity index (χ4v) is 1.84. The van der Waals surface area contributed by atoms with E-state index in [0.29, 0.717) is 16.9 Å². The number of aromatic nitrogens is 2. The van der Waals surface area contributed by atoms with E-state index in [9.17, 15) is 13.9 Å². The molecule has 0 unspecified atom stereocenters. The van der Waals surface area contributed by atoms with E-state index < -0.39 is 12.0 Å². The van der Waals surface area contributed by atoms with Gasteiger partial charge >= 0.3 is 6.01 Å². The third-order valence-electron chi connectivity index (χ3n) is 3.27. The minimum absolute atomic E-state index is 0.0173. The highest BCUT2D eigenvalue weighted by molar-refractivity contribution is 5.48. The number of hydrogen-bond donors (Lipinski definition) is 3. The quantitative estimate of drug-likeness (QED) is 0.711. The second-order valence-corrected chi connectivity index (χ2v) is 5.89. The number of nitrogens with two attached hydrogens (primary N) is 1. The van der Waals surface area contributed by atoms with Crippen molar-refractivity contribution in [2.45, 2.75) is 25.9 Å². The Hall–Kier alpha value is -2.74. The molecule has 0 bridgehead atoms. The monoisotopic (exact) mass is 350 g/mol. The molecule has 1 aromatic carbocycles. The van der Waals surface area contributed by atoms with Crippen molar-refractivity contribution in [3.8, 4) is 6.01 Å². The van der Waals surface area contributed by atoms with E-state index in [2.05, 4.69) is 15.3 Å². The Morgan fingerprint density at radius 2 is 2.04 bits per heavy atom. The molecule has 0 saturated carbocycles. The van der Waals surface area contributed by atoms with Crippen molar-refractivity contribution in [3.63, 3.8) is 0 Å². The van der Waals surface area contributed by atoms with Gasteiger partial charge in [0, 0.05) is 35.4 Å². The van der Waals surface area contributed by atoms with Crippen LogP contribution in [0.5, 0.6) is 6.01 Å². The molecule has 0 atom stereocenters. The predicted molar refractivity (Wildman–Crippen MR) is 90.1 cm³/mol. The molecular weight excluding hydrogens is 330 g/mol. The first kappa shape index (κ1) is 18.6. The van der Waals surface area contributed by atoms with Crippen LogP contribution in [0.3, 0.4) is 0 Å². The molecule has 0 amide bonds. The van der Waals surface area contributed by atoms with Gasteiger partial charge < -0.3 is 20.9 Å². The Balaban J connectivity index is 1.90. The van der Waals surface area contributed by atoms with Crippen LogP contribution in [0.1, 0.15) is 31.4 Å². The van der Waals surface area contributed by atoms with Crippen molar-refractivity contribution in [2.75, 3.05) is 11.9 Å². The number of ether oxygens (including phenoxy) is 1. The van der Waals surface area contributed by atoms with E-state index in [0.717, 1.165) is 0 Å². The highest BCUT2D eigenvalue weighted by atomic mass is 19.3. The average Bonchev–Trinajstić information content (AvgIpc) is 2.58. The summed E-state index contributed by atoms with van der Waals surface area (Å²) in [6.45, 7) is 3.27. The molecule has 0 saturated heterocycles. The molecule has 0 aliphatic rings. The first-order valence-corrected chi connectivity index (χ1v) is 7.52. The van der Waals surface area contributed by atoms with Gasteiger partial charge in [-0.25, -0.2) is 18.7 Å². The third kappa shape index (κ3) is 5.68. The Morgan fingerprint density at radius 3 is 2.64 bits per heavy atom. The van der Waals surface area contributed by atoms with Crippen LogP contribution in [0.2, 0.25) is 0 Å². The van der Waals surface area contributed by atoms with Gasteiger partial charge in [0.1, 0.15) is 6.61 Å². The fraction of sp³-hybridized carbons (Fsp3) is 0.294. The van der Waals surface area contributed by atoms with Crippen LogP contribution < -0.4 is 15.8 Å². The van der Waals surface area contributed by atoms with Crippen LogP contribution in [0.4, 0.5) is 14.5 Å². The highest BCUT2D eigenvalue weighted by Crippen LogP contribution is 2.21. The van der Waals surface area contributed by atoms with Crippen LogP contribution in [-0.2, 0) is 5.60 Å². The summed E-state index contributed by atoms with van der Waals surface area (Å²) in [5.74, 6) is 0. The molecule has 2 aromatic rings. The van der Waals surface area contributed by atoms with Crippen LogP contribution in [0, 0.1) is 0 Å². The van der Waals surface area contributed by atoms with E-state index in [-0.39, 0.29) is 18.2 Å². The first-order chi connectivity index (χ1) is 11.8. The summed E-state index contributed by atoms with van der Waals surface area (Å²) in [6.07, 6.45) is 1.86. The maximum Gasteiger partial charge on any atom is 0.316 e. The third-order valence-corrected chi connectivity index (χ3v) is 3.27. The minimum atomic E-state index is -2.53. The largest absolute Gasteiger partial charge is 0.457 e. The summed E-state index contributed by atoms with van der Waals surface area (Å²) in [4.78, 5) is 7.97. The molecule has 0 aliphatic heterocycles. The van der Waals surface area contributed by atoms with Crippen LogP contribution >= 0.6 is 0 Å². The Morgan fingerprint density at radius 1 is 1.36 bits per heavy atom. The number of anilines is 1. The number of alkyl halides is 2. The SMILES string of the molecule is CC(C)(O)c1cnc(OC/C(N)=C/Nc2cccc(C(F)F)c2)nc1. The van der Waals surface area contributed by atoms with Gasteiger partial charge in [0.2, 0.25) is 0 Å². The van der Waals surface area contributed by atoms with Gasteiger partial charge in [-0.1, -0.05) is 12.1 Å². The minimum Gasteiger partial charge on any atom is -0.457 e. The summed E-state index contributed by atoms with van der Waals surface area (Å²) in [5.41, 5.74) is 6.07. The molecule has 25 heavy (non-hydrogen) atoms. The molecule has 2 rings (SSSR count). The van der Waals surface area contributed by atoms with E-state index in [4.69, 9.17) is 10.5 Å². The fourth-order valence-electron chi connectivity index (χ4n) is 1.84. The van der Waals surface area contributed by atoms with Crippen LogP contribution in [0.15, 0.2) is 48.6 Å². The zero-order valence-corrected chi connectivity index (χ0v) is 13.9. The van der Waals surface area contributed by atoms with Crippen molar-refractivity contribution in [2.24, 2.45) is 5.73 Å². The summed E-state index contributed by atoms with van der Waals surface area (Å²) >= 11 is 0. The zero-order chi connectivity index (χ0) is 18.4. The topological polar surface area (TPSA) is 93.3 Å². The molecule has 8 heteroatoms. The number of hydrogen-bond acceptors (Lipinski definition) is 6. The number of benzene rings is 1. The van der Waals surface area contributed by atoms with Crippen molar-refractivity contribution in [1.29, 1.82) is 0 Å². The van der Waals surface area contributed by atoms with Crippen molar-refractivity contribution < 1.29 is 18.6 Å². The predicted octanol–water partition coefficient (Wildman–Crippen LogP) is 2.93. The molecule has 0 radical (unpaired) electrons. The summed E-state index contributed by atoms with van der Waals surface area (Å²) in [5, 5.41) is 12.7. The lowest BCUT2D eigenvalue weighted by Crippen LogP contribution is -2.17. The van der Waals surface area contributed by atoms with Gasteiger partial charge in [0.15, 0.2) is 0 Å². The molecule has 1 heterocycles. The zero-order valence-electron chi connectivity index (χ0n) is 13.9. The summed E-state index contributed by atoms with van der Waals surface area (Å²) in [6, 6.07) is 5.98. The van der Waals surface area contributed by atoms with Crippen molar-refractivity contribution in [3.05, 3.63) is 59.7 Å². The number of rotatable bonds is 7. The molecule has 0 spiro atoms. The van der Waals surface area contributed by atoms with Crippen molar-refractivity contribution in [1.82, 2.24) is 9.97 Å². The Kier molecular flexibility index (Phi) is 5.87. The summed E-state index contributed by atoms with van der Waals surface area (Å²) in [7, 11) is 0. The second-order valence-electron chi connectivity index (χ2n) is 5.89. The Bertz CT molecular complexity index is 728. The smallest absolute Gasteiger partial charge is 0.316 e. The molecule has 1 aromatic heterocycles. The van der Waals surface area contributed by atoms with Gasteiger partial charge in [0.05, 0.1) is 11.3 Å². The van der Waals surface area contributed by atoms with E-state index in [1.165, 1.54) is 36.8 Å². The molecule has 134 valence electrons. The second kappa shape index (κ2) is 7.89. The molecule has 0 fully saturated rings. The molecule has 0 aliphatic carbocycles. The maximum absolute atomic E-state index is 12.6. The van der Waals surface area contributed by atoms with Gasteiger partial charge in [-0.15, -0.1) is 0 Å². The standard InChI is InChI=1S/C17H20F2N4O2/c1-17(2,24)12-7-22-16(23-8-12)25-10-13(20)9-21-14-5-3-4-11(6-14)15(18)19/h3-9,15,21,24H,10,20H2,1-2H3/b13-9-. The number of nitrogens with zero attached hydrogens (tertiary/aromatic N) is 2. The lowest BCUT2D eigenvalue weighted by atomic mass is 10.0. The number of aliphatic hydroxyl groups is 1. The van der Waals surface area contributed by atoms with Gasteiger partial charge in [-0.05, 0) is 26.0 Å². The highest BCUT2D eigenvalue weighted by Gasteiger charge is 2.16. The van der Waals surface area contributed by atoms with Crippen LogP contribution in [0.25, 0.3) is 0 Å². The van der Waals surface area contributed by atoms with E-state index >= 15 is 0 Å². The maximum atomic E-state index is 12.6. The number of nitrogens with one attached hydrogen (secondary N) is 1. The normalized spacial score (nSPS) is 12.3. The molecular formula is C17H20F2N4O2. The van der Waals surface area contributed by atoms with Crippen molar-refractivity contribution >= 4 is 5.69 Å². The van der Waals surface area contributed by atoms with Gasteiger partial charge in [-0.2, -0.15) is 0 Å². The van der Waals surface area contributed by atoms with E-state index in [1.54, 1.807) is 19.9 Å². The van der Waals surface area contributed by atoms with Crippen LogP contribution in [-0.4, -0.2) is 21.7 Å². The van der Waals surface area contributed by atoms with Gasteiger partial charge in [-0.3, -0.25) is 0 Å². The Labute approximate surface area is 144 Å². The van der Waals surface area contributed by atoms with Gasteiger partial charge in [0.25, 0.3) is 6.43 Å². The molecule has 4 N–H and O–H groups in total. The first-order valence-electron chi connectivity index (χ1n) is 7.52. The summed E-state index contributed by atoms with van der Waals surface area (Å²) < 4.78 is 30.6. The lowest BCUT2D eigenvalue weighted by molar-refractivity contribution is 0.0776. The average molecular weight is 350 g/mol. The van der Waals surface area contributed by atoms with E-state index in [1.807, 2.05) is 0 Å². The molecule has 6 nitrogen and oxygen atoms in total. The number of halogens is 2. The lowest BCUT2D eigenvalue weighted by Gasteiger charge is -2.16.